The number of carbonyl (C=O) groups is 3. The molecule has 0 bridgehead atoms. The van der Waals surface area contributed by atoms with Crippen LogP contribution in [0, 0.1) is 24.7 Å². The molecule has 1 saturated carbocycles. The second kappa shape index (κ2) is 18.4. The molecule has 1 aliphatic rings. The Morgan fingerprint density at radius 3 is 2.27 bits per heavy atom. The third kappa shape index (κ3) is 12.0. The van der Waals surface area contributed by atoms with E-state index in [0.29, 0.717) is 36.9 Å². The average molecular weight is 623 g/mol. The minimum Gasteiger partial charge on any atom is -0.352 e. The number of nitrogens with zero attached hydrogens (tertiary/aromatic N) is 1. The second-order valence-corrected chi connectivity index (χ2v) is 13.0. The van der Waals surface area contributed by atoms with Gasteiger partial charge in [0.1, 0.15) is 0 Å². The quantitative estimate of drug-likeness (QED) is 0.142. The highest BCUT2D eigenvalue weighted by Crippen LogP contribution is 2.28. The van der Waals surface area contributed by atoms with Gasteiger partial charge in [0.05, 0.1) is 17.8 Å². The van der Waals surface area contributed by atoms with Crippen molar-refractivity contribution in [1.29, 1.82) is 0 Å². The van der Waals surface area contributed by atoms with Crippen LogP contribution in [0.4, 0.5) is 4.79 Å². The first-order valence-corrected chi connectivity index (χ1v) is 16.9. The molecule has 6 N–H and O–H groups in total. The zero-order valence-electron chi connectivity index (χ0n) is 26.6. The molecule has 0 spiro atoms. The van der Waals surface area contributed by atoms with E-state index in [9.17, 15) is 14.4 Å². The van der Waals surface area contributed by atoms with Gasteiger partial charge in [-0.25, -0.2) is 10.2 Å². The van der Waals surface area contributed by atoms with Crippen LogP contribution in [0.5, 0.6) is 0 Å². The maximum Gasteiger partial charge on any atom is 0.335 e. The van der Waals surface area contributed by atoms with Crippen LogP contribution in [-0.2, 0) is 21.9 Å². The highest BCUT2D eigenvalue weighted by molar-refractivity contribution is 7.99. The number of carbonyl (C=O) groups excluding carboxylic acids is 3. The summed E-state index contributed by atoms with van der Waals surface area (Å²) in [5, 5.41) is 13.5. The molecule has 1 fully saturated rings. The summed E-state index contributed by atoms with van der Waals surface area (Å²) in [6, 6.07) is 17.0. The number of hydrazone groups is 1. The Balaban J connectivity index is 1.47. The molecule has 10 heteroatoms. The highest BCUT2D eigenvalue weighted by atomic mass is 32.2. The Labute approximate surface area is 267 Å². The van der Waals surface area contributed by atoms with Gasteiger partial charge in [-0.15, -0.1) is 0 Å². The lowest BCUT2D eigenvalue weighted by Crippen LogP contribution is -2.51. The summed E-state index contributed by atoms with van der Waals surface area (Å²) in [7, 11) is 0. The summed E-state index contributed by atoms with van der Waals surface area (Å²) in [4.78, 5) is 38.1. The fourth-order valence-electron chi connectivity index (χ4n) is 5.12. The molecular formula is C34H50N6O3S. The second-order valence-electron chi connectivity index (χ2n) is 12.1. The molecular weight excluding hydrogens is 572 g/mol. The van der Waals surface area contributed by atoms with Crippen molar-refractivity contribution >= 4 is 35.3 Å². The van der Waals surface area contributed by atoms with E-state index < -0.39 is 6.04 Å². The lowest BCUT2D eigenvalue weighted by atomic mass is 9.81. The van der Waals surface area contributed by atoms with Crippen LogP contribution in [0.3, 0.4) is 0 Å². The number of nitrogens with one attached hydrogen (secondary N) is 4. The number of amides is 4. The van der Waals surface area contributed by atoms with E-state index in [0.717, 1.165) is 37.0 Å². The number of rotatable bonds is 15. The summed E-state index contributed by atoms with van der Waals surface area (Å²) >= 11 is 1.68. The van der Waals surface area contributed by atoms with Gasteiger partial charge in [0.25, 0.3) is 0 Å². The van der Waals surface area contributed by atoms with Crippen molar-refractivity contribution in [2.45, 2.75) is 84.2 Å². The Kier molecular flexibility index (Phi) is 14.7. The van der Waals surface area contributed by atoms with E-state index in [1.54, 1.807) is 11.8 Å². The molecule has 44 heavy (non-hydrogen) atoms. The molecule has 9 nitrogen and oxygen atoms in total. The van der Waals surface area contributed by atoms with Gasteiger partial charge in [-0.3, -0.25) is 9.59 Å². The van der Waals surface area contributed by atoms with E-state index in [-0.39, 0.29) is 35.7 Å². The summed E-state index contributed by atoms with van der Waals surface area (Å²) in [6.07, 6.45) is 4.00. The van der Waals surface area contributed by atoms with Gasteiger partial charge in [0, 0.05) is 30.5 Å². The molecule has 2 atom stereocenters. The minimum absolute atomic E-state index is 0.00683. The van der Waals surface area contributed by atoms with E-state index in [4.69, 9.17) is 5.73 Å². The van der Waals surface area contributed by atoms with Gasteiger partial charge in [-0.1, -0.05) is 80.9 Å². The van der Waals surface area contributed by atoms with Gasteiger partial charge >= 0.3 is 6.03 Å². The average Bonchev–Trinajstić information content (AvgIpc) is 3.04. The first-order valence-electron chi connectivity index (χ1n) is 15.8. The lowest BCUT2D eigenvalue weighted by Gasteiger charge is -2.28. The van der Waals surface area contributed by atoms with Crippen molar-refractivity contribution in [2.24, 2.45) is 28.6 Å². The van der Waals surface area contributed by atoms with Crippen LogP contribution in [0.15, 0.2) is 59.7 Å². The standard InChI is InChI=1S/C34H50N6O3S/c1-5-29(38-33(42)31(35)23(2)3)30(22-44-21-27-9-7-6-8-10-27)39-40-34(43)37-20-26-15-17-28(18-16-26)32(41)36-19-25-13-11-24(4)12-14-25/h6-14,23,26,28-29,31H,5,15-22,35H2,1-4H3,(H,36,41)(H,38,42)(H2,37,40,43)/b39-30-/t26?,28?,29-,31-/m0/s1. The Morgan fingerprint density at radius 1 is 0.955 bits per heavy atom. The van der Waals surface area contributed by atoms with Crippen LogP contribution < -0.4 is 27.1 Å². The Hall–Kier alpha value is -3.37. The number of hydrogen-bond acceptors (Lipinski definition) is 6. The fraction of sp³-hybridized carbons (Fsp3) is 0.529. The van der Waals surface area contributed by atoms with Crippen molar-refractivity contribution in [3.05, 3.63) is 71.3 Å². The van der Waals surface area contributed by atoms with Crippen molar-refractivity contribution in [1.82, 2.24) is 21.4 Å². The summed E-state index contributed by atoms with van der Waals surface area (Å²) in [5.74, 6) is 1.54. The first kappa shape index (κ1) is 35.1. The normalized spacial score (nSPS) is 18.3. The lowest BCUT2D eigenvalue weighted by molar-refractivity contribution is -0.126. The van der Waals surface area contributed by atoms with Crippen LogP contribution in [0.25, 0.3) is 0 Å². The molecule has 1 aliphatic carbocycles. The molecule has 0 heterocycles. The maximum atomic E-state index is 12.7. The van der Waals surface area contributed by atoms with E-state index in [1.165, 1.54) is 11.1 Å². The van der Waals surface area contributed by atoms with E-state index >= 15 is 0 Å². The molecule has 3 rings (SSSR count). The van der Waals surface area contributed by atoms with Crippen LogP contribution in [0.1, 0.15) is 69.6 Å². The summed E-state index contributed by atoms with van der Waals surface area (Å²) in [5.41, 5.74) is 12.9. The number of aryl methyl sites for hydroxylation is 1. The van der Waals surface area contributed by atoms with Crippen molar-refractivity contribution < 1.29 is 14.4 Å². The Morgan fingerprint density at radius 2 is 1.64 bits per heavy atom. The zero-order chi connectivity index (χ0) is 31.9. The highest BCUT2D eigenvalue weighted by Gasteiger charge is 2.27. The van der Waals surface area contributed by atoms with Crippen molar-refractivity contribution in [3.8, 4) is 0 Å². The topological polar surface area (TPSA) is 138 Å². The maximum absolute atomic E-state index is 12.7. The molecule has 0 aliphatic heterocycles. The van der Waals surface area contributed by atoms with Crippen molar-refractivity contribution in [3.63, 3.8) is 0 Å². The Bertz CT molecular complexity index is 1210. The summed E-state index contributed by atoms with van der Waals surface area (Å²) in [6.45, 7) is 8.91. The summed E-state index contributed by atoms with van der Waals surface area (Å²) < 4.78 is 0. The largest absolute Gasteiger partial charge is 0.352 e. The fourth-order valence-corrected chi connectivity index (χ4v) is 6.12. The van der Waals surface area contributed by atoms with Crippen LogP contribution >= 0.6 is 11.8 Å². The van der Waals surface area contributed by atoms with E-state index in [1.807, 2.05) is 58.0 Å². The van der Waals surface area contributed by atoms with Gasteiger partial charge in [-0.2, -0.15) is 16.9 Å². The van der Waals surface area contributed by atoms with Gasteiger partial charge < -0.3 is 21.7 Å². The number of thioether (sulfide) groups is 1. The van der Waals surface area contributed by atoms with Crippen LogP contribution in [-0.4, -0.2) is 47.9 Å². The molecule has 2 aromatic carbocycles. The van der Waals surface area contributed by atoms with Crippen molar-refractivity contribution in [2.75, 3.05) is 12.3 Å². The number of nitrogens with two attached hydrogens (primary N) is 1. The number of hydrogen-bond donors (Lipinski definition) is 5. The van der Waals surface area contributed by atoms with Gasteiger partial charge in [0.15, 0.2) is 0 Å². The molecule has 4 amide bonds. The van der Waals surface area contributed by atoms with E-state index in [2.05, 4.69) is 50.7 Å². The molecule has 0 saturated heterocycles. The first-order chi connectivity index (χ1) is 21.2. The van der Waals surface area contributed by atoms with Crippen LogP contribution in [0.2, 0.25) is 0 Å². The minimum atomic E-state index is -0.618. The third-order valence-electron chi connectivity index (χ3n) is 8.17. The van der Waals surface area contributed by atoms with Gasteiger partial charge in [0.2, 0.25) is 11.8 Å². The SMILES string of the molecule is CC[C@H](NC(=O)[C@@H](N)C(C)C)/C(CSCc1ccccc1)=N\NC(=O)NCC1CCC(C(=O)NCc2ccc(C)cc2)CC1. The molecule has 0 radical (unpaired) electrons. The molecule has 240 valence electrons. The molecule has 0 aromatic heterocycles. The number of urea groups is 1. The smallest absolute Gasteiger partial charge is 0.335 e. The molecule has 0 unspecified atom stereocenters. The zero-order valence-corrected chi connectivity index (χ0v) is 27.4. The third-order valence-corrected chi connectivity index (χ3v) is 9.20. The predicted molar refractivity (Wildman–Crippen MR) is 180 cm³/mol. The number of benzene rings is 2. The van der Waals surface area contributed by atoms with Gasteiger partial charge in [-0.05, 0) is 62.0 Å². The predicted octanol–water partition coefficient (Wildman–Crippen LogP) is 4.88. The molecule has 2 aromatic rings. The monoisotopic (exact) mass is 622 g/mol.